The highest BCUT2D eigenvalue weighted by Crippen LogP contribution is 2.21. The number of nitrogens with zero attached hydrogens (tertiary/aromatic N) is 1. The smallest absolute Gasteiger partial charge is 0.253 e. The molecule has 0 atom stereocenters. The number of halogens is 2. The normalized spacial score (nSPS) is 12.1. The molecule has 2 aromatic rings. The highest BCUT2D eigenvalue weighted by molar-refractivity contribution is 7.89. The van der Waals surface area contributed by atoms with E-state index in [2.05, 4.69) is 4.72 Å². The van der Waals surface area contributed by atoms with Gasteiger partial charge in [0.25, 0.3) is 5.91 Å². The molecule has 2 aromatic carbocycles. The Bertz CT molecular complexity index is 918. The number of rotatable bonds is 5. The Hall–Kier alpha value is -1.96. The minimum absolute atomic E-state index is 0.00400. The first kappa shape index (κ1) is 21.3. The fourth-order valence-corrected chi connectivity index (χ4v) is 4.09. The first-order valence-electron chi connectivity index (χ1n) is 8.23. The number of carbonyl (C=O) groups is 1. The summed E-state index contributed by atoms with van der Waals surface area (Å²) in [6.07, 6.45) is 0. The Morgan fingerprint density at radius 1 is 1.15 bits per heavy atom. The first-order valence-corrected chi connectivity index (χ1v) is 10.1. The third-order valence-electron chi connectivity index (χ3n) is 3.66. The summed E-state index contributed by atoms with van der Waals surface area (Å²) < 4.78 is 41.1. The van der Waals surface area contributed by atoms with Crippen molar-refractivity contribution >= 4 is 27.5 Å². The molecule has 8 heteroatoms. The highest BCUT2D eigenvalue weighted by Gasteiger charge is 2.22. The minimum Gasteiger partial charge on any atom is -0.337 e. The largest absolute Gasteiger partial charge is 0.337 e. The lowest BCUT2D eigenvalue weighted by molar-refractivity contribution is 0.0784. The van der Waals surface area contributed by atoms with Gasteiger partial charge in [0.05, 0.1) is 4.90 Å². The number of benzene rings is 2. The van der Waals surface area contributed by atoms with E-state index in [0.717, 1.165) is 0 Å². The molecule has 0 heterocycles. The third-order valence-corrected chi connectivity index (χ3v) is 5.78. The van der Waals surface area contributed by atoms with Gasteiger partial charge in [-0.25, -0.2) is 17.5 Å². The predicted molar refractivity (Wildman–Crippen MR) is 104 cm³/mol. The van der Waals surface area contributed by atoms with Gasteiger partial charge in [0.15, 0.2) is 0 Å². The average molecular weight is 413 g/mol. The molecule has 5 nitrogen and oxygen atoms in total. The van der Waals surface area contributed by atoms with Crippen LogP contribution >= 0.6 is 11.6 Å². The van der Waals surface area contributed by atoms with Gasteiger partial charge < -0.3 is 4.90 Å². The summed E-state index contributed by atoms with van der Waals surface area (Å²) in [6, 6.07) is 9.92. The van der Waals surface area contributed by atoms with Crippen LogP contribution in [0, 0.1) is 5.82 Å². The van der Waals surface area contributed by atoms with Crippen LogP contribution < -0.4 is 4.72 Å². The Morgan fingerprint density at radius 2 is 1.74 bits per heavy atom. The maximum Gasteiger partial charge on any atom is 0.253 e. The van der Waals surface area contributed by atoms with Crippen LogP contribution in [-0.4, -0.2) is 31.8 Å². The molecule has 1 N–H and O–H groups in total. The van der Waals surface area contributed by atoms with E-state index in [9.17, 15) is 17.6 Å². The molecule has 0 aromatic heterocycles. The van der Waals surface area contributed by atoms with Crippen molar-refractivity contribution in [2.45, 2.75) is 37.8 Å². The van der Waals surface area contributed by atoms with Crippen LogP contribution in [0.15, 0.2) is 47.4 Å². The lowest BCUT2D eigenvalue weighted by atomic mass is 10.1. The van der Waals surface area contributed by atoms with E-state index in [1.165, 1.54) is 48.3 Å². The molecule has 146 valence electrons. The lowest BCUT2D eigenvalue weighted by Gasteiger charge is -2.21. The molecular formula is C19H22ClFN2O3S. The van der Waals surface area contributed by atoms with E-state index in [1.54, 1.807) is 26.8 Å². The summed E-state index contributed by atoms with van der Waals surface area (Å²) in [7, 11) is -2.16. The van der Waals surface area contributed by atoms with Gasteiger partial charge in [0.1, 0.15) is 5.82 Å². The maximum absolute atomic E-state index is 13.9. The van der Waals surface area contributed by atoms with Crippen molar-refractivity contribution < 1.29 is 17.6 Å². The van der Waals surface area contributed by atoms with E-state index >= 15 is 0 Å². The second-order valence-electron chi connectivity index (χ2n) is 7.24. The van der Waals surface area contributed by atoms with Crippen molar-refractivity contribution in [2.75, 3.05) is 7.05 Å². The average Bonchev–Trinajstić information content (AvgIpc) is 2.55. The molecule has 0 unspecified atom stereocenters. The quantitative estimate of drug-likeness (QED) is 0.811. The van der Waals surface area contributed by atoms with E-state index in [1.807, 2.05) is 0 Å². The number of sulfonamides is 1. The standard InChI is InChI=1S/C19H22ClFN2O3S/c1-19(2,3)22-27(25,26)14-10-8-13(9-11-14)18(24)23(4)12-15-16(20)6-5-7-17(15)21/h5-11,22H,12H2,1-4H3. The Morgan fingerprint density at radius 3 is 2.26 bits per heavy atom. The number of amides is 1. The Balaban J connectivity index is 2.18. The molecule has 0 bridgehead atoms. The predicted octanol–water partition coefficient (Wildman–Crippen LogP) is 3.83. The van der Waals surface area contributed by atoms with E-state index in [4.69, 9.17) is 11.6 Å². The fourth-order valence-electron chi connectivity index (χ4n) is 2.45. The van der Waals surface area contributed by atoms with Crippen molar-refractivity contribution in [3.63, 3.8) is 0 Å². The van der Waals surface area contributed by atoms with E-state index in [-0.39, 0.29) is 27.9 Å². The second kappa shape index (κ2) is 7.96. The number of hydrogen-bond acceptors (Lipinski definition) is 3. The monoisotopic (exact) mass is 412 g/mol. The summed E-state index contributed by atoms with van der Waals surface area (Å²) in [5.41, 5.74) is -0.102. The molecule has 2 rings (SSSR count). The Labute approximate surface area is 164 Å². The zero-order chi connectivity index (χ0) is 20.4. The SMILES string of the molecule is CN(Cc1c(F)cccc1Cl)C(=O)c1ccc(S(=O)(=O)NC(C)(C)C)cc1. The van der Waals surface area contributed by atoms with Crippen molar-refractivity contribution in [3.05, 3.63) is 64.4 Å². The van der Waals surface area contributed by atoms with Gasteiger partial charge in [-0.15, -0.1) is 0 Å². The summed E-state index contributed by atoms with van der Waals surface area (Å²) in [4.78, 5) is 13.9. The Kier molecular flexibility index (Phi) is 6.29. The molecule has 0 radical (unpaired) electrons. The third kappa shape index (κ3) is 5.51. The van der Waals surface area contributed by atoms with Crippen LogP contribution in [0.25, 0.3) is 0 Å². The van der Waals surface area contributed by atoms with Gasteiger partial charge in [-0.2, -0.15) is 0 Å². The molecule has 0 aliphatic heterocycles. The summed E-state index contributed by atoms with van der Waals surface area (Å²) in [6.45, 7) is 5.22. The maximum atomic E-state index is 13.9. The van der Waals surface area contributed by atoms with Crippen LogP contribution in [0.3, 0.4) is 0 Å². The molecule has 0 aliphatic rings. The van der Waals surface area contributed by atoms with E-state index in [0.29, 0.717) is 5.56 Å². The van der Waals surface area contributed by atoms with Crippen LogP contribution in [-0.2, 0) is 16.6 Å². The second-order valence-corrected chi connectivity index (χ2v) is 9.33. The summed E-state index contributed by atoms with van der Waals surface area (Å²) >= 11 is 6.00. The summed E-state index contributed by atoms with van der Waals surface area (Å²) in [5, 5.41) is 0.240. The lowest BCUT2D eigenvalue weighted by Crippen LogP contribution is -2.40. The highest BCUT2D eigenvalue weighted by atomic mass is 35.5. The van der Waals surface area contributed by atoms with Crippen molar-refractivity contribution in [1.82, 2.24) is 9.62 Å². The van der Waals surface area contributed by atoms with Crippen molar-refractivity contribution in [2.24, 2.45) is 0 Å². The van der Waals surface area contributed by atoms with E-state index < -0.39 is 21.4 Å². The number of carbonyl (C=O) groups excluding carboxylic acids is 1. The topological polar surface area (TPSA) is 66.5 Å². The molecule has 27 heavy (non-hydrogen) atoms. The van der Waals surface area contributed by atoms with Crippen LogP contribution in [0.5, 0.6) is 0 Å². The molecule has 0 aliphatic carbocycles. The van der Waals surface area contributed by atoms with Gasteiger partial charge in [-0.05, 0) is 57.2 Å². The zero-order valence-electron chi connectivity index (χ0n) is 15.6. The number of nitrogens with one attached hydrogen (secondary N) is 1. The van der Waals surface area contributed by atoms with Gasteiger partial charge in [0, 0.05) is 35.3 Å². The zero-order valence-corrected chi connectivity index (χ0v) is 17.2. The van der Waals surface area contributed by atoms with Gasteiger partial charge in [-0.3, -0.25) is 4.79 Å². The van der Waals surface area contributed by atoms with Crippen molar-refractivity contribution in [3.8, 4) is 0 Å². The van der Waals surface area contributed by atoms with Crippen LogP contribution in [0.1, 0.15) is 36.7 Å². The molecule has 0 fully saturated rings. The van der Waals surface area contributed by atoms with Crippen molar-refractivity contribution in [1.29, 1.82) is 0 Å². The van der Waals surface area contributed by atoms with Crippen LogP contribution in [0.4, 0.5) is 4.39 Å². The molecule has 0 saturated heterocycles. The van der Waals surface area contributed by atoms with Gasteiger partial charge in [-0.1, -0.05) is 17.7 Å². The summed E-state index contributed by atoms with van der Waals surface area (Å²) in [5.74, 6) is -0.862. The number of hydrogen-bond donors (Lipinski definition) is 1. The molecule has 0 spiro atoms. The first-order chi connectivity index (χ1) is 12.4. The molecular weight excluding hydrogens is 391 g/mol. The molecule has 0 saturated carbocycles. The molecule has 1 amide bonds. The van der Waals surface area contributed by atoms with Gasteiger partial charge in [0.2, 0.25) is 10.0 Å². The minimum atomic E-state index is -3.68. The fraction of sp³-hybridized carbons (Fsp3) is 0.316. The van der Waals surface area contributed by atoms with Gasteiger partial charge >= 0.3 is 0 Å². The van der Waals surface area contributed by atoms with Crippen LogP contribution in [0.2, 0.25) is 5.02 Å².